The van der Waals surface area contributed by atoms with Gasteiger partial charge in [-0.05, 0) is 23.8 Å². The van der Waals surface area contributed by atoms with Crippen LogP contribution in [0.25, 0.3) is 0 Å². The van der Waals surface area contributed by atoms with Gasteiger partial charge in [-0.15, -0.1) is 0 Å². The van der Waals surface area contributed by atoms with Crippen molar-refractivity contribution in [1.29, 1.82) is 0 Å². The highest BCUT2D eigenvalue weighted by Crippen LogP contribution is 2.36. The molecule has 2 heterocycles. The topological polar surface area (TPSA) is 42.0 Å². The van der Waals surface area contributed by atoms with Crippen LogP contribution in [0.3, 0.4) is 0 Å². The summed E-state index contributed by atoms with van der Waals surface area (Å²) in [6.07, 6.45) is -4.34. The molecule has 2 aromatic rings. The number of hydrogen-bond acceptors (Lipinski definition) is 4. The van der Waals surface area contributed by atoms with Gasteiger partial charge in [0.2, 0.25) is 6.79 Å². The number of carbonyl (C=O) groups excluding carboxylic acids is 1. The molecule has 2 aromatic carbocycles. The quantitative estimate of drug-likeness (QED) is 0.803. The largest absolute Gasteiger partial charge is 0.454 e. The van der Waals surface area contributed by atoms with Crippen LogP contribution < -0.4 is 9.47 Å². The number of benzene rings is 2. The maximum Gasteiger partial charge on any atom is 0.416 e. The molecule has 0 N–H and O–H groups in total. The van der Waals surface area contributed by atoms with Crippen molar-refractivity contribution in [3.8, 4) is 11.5 Å². The van der Waals surface area contributed by atoms with E-state index in [0.29, 0.717) is 55.3 Å². The summed E-state index contributed by atoms with van der Waals surface area (Å²) in [6.45, 7) is 2.71. The zero-order valence-corrected chi connectivity index (χ0v) is 15.0. The lowest BCUT2D eigenvalue weighted by Crippen LogP contribution is -2.48. The second-order valence-electron chi connectivity index (χ2n) is 6.81. The van der Waals surface area contributed by atoms with Crippen LogP contribution in [0.15, 0.2) is 42.5 Å². The lowest BCUT2D eigenvalue weighted by atomic mass is 10.1. The molecule has 1 fully saturated rings. The smallest absolute Gasteiger partial charge is 0.416 e. The number of nitrogens with zero attached hydrogens (tertiary/aromatic N) is 2. The van der Waals surface area contributed by atoms with Gasteiger partial charge in [0.25, 0.3) is 5.91 Å². The Balaban J connectivity index is 1.38. The Morgan fingerprint density at radius 2 is 1.75 bits per heavy atom. The fraction of sp³-hybridized carbons (Fsp3) is 0.350. The van der Waals surface area contributed by atoms with Crippen LogP contribution in [0.2, 0.25) is 0 Å². The van der Waals surface area contributed by atoms with Crippen LogP contribution in [0.1, 0.15) is 21.5 Å². The van der Waals surface area contributed by atoms with Gasteiger partial charge in [-0.1, -0.05) is 24.3 Å². The summed E-state index contributed by atoms with van der Waals surface area (Å²) >= 11 is 0. The van der Waals surface area contributed by atoms with E-state index in [-0.39, 0.29) is 12.7 Å². The van der Waals surface area contributed by atoms with E-state index < -0.39 is 11.7 Å². The number of alkyl halides is 3. The summed E-state index contributed by atoms with van der Waals surface area (Å²) in [7, 11) is 0. The van der Waals surface area contributed by atoms with Crippen LogP contribution in [0.5, 0.6) is 11.5 Å². The summed E-state index contributed by atoms with van der Waals surface area (Å²) in [5.41, 5.74) is 0.446. The van der Waals surface area contributed by atoms with Crippen molar-refractivity contribution in [2.45, 2.75) is 12.7 Å². The minimum absolute atomic E-state index is 0.102. The molecule has 0 bridgehead atoms. The van der Waals surface area contributed by atoms with Gasteiger partial charge in [0.15, 0.2) is 11.5 Å². The summed E-state index contributed by atoms with van der Waals surface area (Å²) in [6, 6.07) is 10.6. The minimum atomic E-state index is -4.34. The highest BCUT2D eigenvalue weighted by molar-refractivity contribution is 5.98. The van der Waals surface area contributed by atoms with Crippen molar-refractivity contribution in [2.75, 3.05) is 33.0 Å². The number of amides is 1. The first-order valence-corrected chi connectivity index (χ1v) is 8.98. The number of rotatable bonds is 3. The van der Waals surface area contributed by atoms with Gasteiger partial charge >= 0.3 is 6.18 Å². The van der Waals surface area contributed by atoms with Gasteiger partial charge in [-0.25, -0.2) is 0 Å². The molecule has 1 saturated heterocycles. The minimum Gasteiger partial charge on any atom is -0.454 e. The Hall–Kier alpha value is -2.74. The molecule has 5 nitrogen and oxygen atoms in total. The summed E-state index contributed by atoms with van der Waals surface area (Å²) in [5, 5.41) is 0. The number of fused-ring (bicyclic) bond motifs is 1. The SMILES string of the molecule is O=C(c1cccc2c1OCO2)N1CCN(Cc2cccc(C(F)(F)F)c2)CC1. The average molecular weight is 392 g/mol. The van der Waals surface area contributed by atoms with E-state index in [1.807, 2.05) is 4.90 Å². The van der Waals surface area contributed by atoms with Gasteiger partial charge in [-0.2, -0.15) is 13.2 Å². The number of halogens is 3. The second kappa shape index (κ2) is 7.35. The Kier molecular flexibility index (Phi) is 4.89. The van der Waals surface area contributed by atoms with Crippen molar-refractivity contribution in [3.63, 3.8) is 0 Å². The number of piperazine rings is 1. The molecular weight excluding hydrogens is 373 g/mol. The normalized spacial score (nSPS) is 17.0. The van der Waals surface area contributed by atoms with E-state index in [2.05, 4.69) is 0 Å². The van der Waals surface area contributed by atoms with E-state index in [9.17, 15) is 18.0 Å². The third-order valence-corrected chi connectivity index (χ3v) is 4.95. The zero-order chi connectivity index (χ0) is 19.7. The molecule has 0 spiro atoms. The number of ether oxygens (including phenoxy) is 2. The molecule has 8 heteroatoms. The van der Waals surface area contributed by atoms with E-state index in [1.54, 1.807) is 29.2 Å². The molecule has 2 aliphatic heterocycles. The maximum atomic E-state index is 12.9. The van der Waals surface area contributed by atoms with Crippen LogP contribution in [0.4, 0.5) is 13.2 Å². The van der Waals surface area contributed by atoms with Gasteiger partial charge in [0.05, 0.1) is 11.1 Å². The van der Waals surface area contributed by atoms with Crippen LogP contribution in [-0.2, 0) is 12.7 Å². The maximum absolute atomic E-state index is 12.9. The predicted octanol–water partition coefficient (Wildman–Crippen LogP) is 3.39. The van der Waals surface area contributed by atoms with Gasteiger partial charge in [0, 0.05) is 32.7 Å². The molecule has 2 aliphatic rings. The molecule has 4 rings (SSSR count). The Bertz CT molecular complexity index is 877. The fourth-order valence-corrected chi connectivity index (χ4v) is 3.48. The Morgan fingerprint density at radius 1 is 1.00 bits per heavy atom. The van der Waals surface area contributed by atoms with E-state index in [4.69, 9.17) is 9.47 Å². The van der Waals surface area contributed by atoms with Crippen molar-refractivity contribution in [2.24, 2.45) is 0 Å². The molecular formula is C20H19F3N2O3. The molecule has 0 atom stereocenters. The monoisotopic (exact) mass is 392 g/mol. The lowest BCUT2D eigenvalue weighted by Gasteiger charge is -2.35. The fourth-order valence-electron chi connectivity index (χ4n) is 3.48. The predicted molar refractivity (Wildman–Crippen MR) is 95.2 cm³/mol. The third-order valence-electron chi connectivity index (χ3n) is 4.95. The summed E-state index contributed by atoms with van der Waals surface area (Å²) < 4.78 is 49.3. The second-order valence-corrected chi connectivity index (χ2v) is 6.81. The highest BCUT2D eigenvalue weighted by Gasteiger charge is 2.31. The van der Waals surface area contributed by atoms with Gasteiger partial charge < -0.3 is 14.4 Å². The standard InChI is InChI=1S/C20H19F3N2O3/c21-20(22,23)15-4-1-3-14(11-15)12-24-7-9-25(10-8-24)19(26)16-5-2-6-17-18(16)28-13-27-17/h1-6,11H,7-10,12-13H2. The summed E-state index contributed by atoms with van der Waals surface area (Å²) in [4.78, 5) is 16.6. The van der Waals surface area contributed by atoms with Crippen LogP contribution in [0, 0.1) is 0 Å². The molecule has 148 valence electrons. The molecule has 0 aliphatic carbocycles. The zero-order valence-electron chi connectivity index (χ0n) is 15.0. The van der Waals surface area contributed by atoms with E-state index in [0.717, 1.165) is 6.07 Å². The molecule has 0 aromatic heterocycles. The third kappa shape index (κ3) is 3.77. The Morgan fingerprint density at radius 3 is 2.50 bits per heavy atom. The molecule has 0 saturated carbocycles. The van der Waals surface area contributed by atoms with Crippen molar-refractivity contribution < 1.29 is 27.4 Å². The molecule has 1 amide bonds. The first-order valence-electron chi connectivity index (χ1n) is 8.98. The lowest BCUT2D eigenvalue weighted by molar-refractivity contribution is -0.137. The van der Waals surface area contributed by atoms with Gasteiger partial charge in [0.1, 0.15) is 0 Å². The Labute approximate surface area is 160 Å². The van der Waals surface area contributed by atoms with E-state index in [1.165, 1.54) is 12.1 Å². The number of carbonyl (C=O) groups is 1. The number of para-hydroxylation sites is 1. The van der Waals surface area contributed by atoms with Crippen molar-refractivity contribution >= 4 is 5.91 Å². The average Bonchev–Trinajstić information content (AvgIpc) is 3.16. The van der Waals surface area contributed by atoms with E-state index >= 15 is 0 Å². The van der Waals surface area contributed by atoms with Gasteiger partial charge in [-0.3, -0.25) is 9.69 Å². The first-order chi connectivity index (χ1) is 13.4. The van der Waals surface area contributed by atoms with Crippen molar-refractivity contribution in [1.82, 2.24) is 9.80 Å². The van der Waals surface area contributed by atoms with Crippen molar-refractivity contribution in [3.05, 3.63) is 59.2 Å². The molecule has 0 unspecified atom stereocenters. The van der Waals surface area contributed by atoms with Crippen LogP contribution >= 0.6 is 0 Å². The molecule has 28 heavy (non-hydrogen) atoms. The first kappa shape index (κ1) is 18.6. The summed E-state index contributed by atoms with van der Waals surface area (Å²) in [5.74, 6) is 0.911. The number of hydrogen-bond donors (Lipinski definition) is 0. The highest BCUT2D eigenvalue weighted by atomic mass is 19.4. The van der Waals surface area contributed by atoms with Crippen LogP contribution in [-0.4, -0.2) is 48.7 Å². The molecule has 0 radical (unpaired) electrons.